The third-order valence-corrected chi connectivity index (χ3v) is 5.63. The van der Waals surface area contributed by atoms with E-state index in [0.717, 1.165) is 17.2 Å². The van der Waals surface area contributed by atoms with Crippen LogP contribution in [0.15, 0.2) is 47.7 Å². The van der Waals surface area contributed by atoms with E-state index in [9.17, 15) is 0 Å². The fraction of sp³-hybridized carbons (Fsp3) is 0.500. The van der Waals surface area contributed by atoms with E-state index >= 15 is 0 Å². The molecule has 0 radical (unpaired) electrons. The van der Waals surface area contributed by atoms with Crippen LogP contribution in [0, 0.1) is 5.92 Å². The van der Waals surface area contributed by atoms with Crippen molar-refractivity contribution in [3.63, 3.8) is 0 Å². The molecule has 3 rings (SSSR count). The highest BCUT2D eigenvalue weighted by atomic mass is 35.5. The lowest BCUT2D eigenvalue weighted by atomic mass is 9.62. The quantitative estimate of drug-likeness (QED) is 0.660. The van der Waals surface area contributed by atoms with Crippen molar-refractivity contribution in [3.05, 3.63) is 58.3 Å². The third kappa shape index (κ3) is 2.84. The van der Waals surface area contributed by atoms with Crippen LogP contribution in [0.25, 0.3) is 0 Å². The molecule has 1 atom stereocenters. The van der Waals surface area contributed by atoms with Crippen molar-refractivity contribution in [2.75, 3.05) is 7.11 Å². The van der Waals surface area contributed by atoms with E-state index in [0.29, 0.717) is 5.92 Å². The molecule has 1 saturated carbocycles. The summed E-state index contributed by atoms with van der Waals surface area (Å²) in [5.41, 5.74) is 3.13. The second-order valence-electron chi connectivity index (χ2n) is 6.72. The Morgan fingerprint density at radius 1 is 1.14 bits per heavy atom. The monoisotopic (exact) mass is 316 g/mol. The first-order valence-electron chi connectivity index (χ1n) is 8.37. The fourth-order valence-electron chi connectivity index (χ4n) is 4.21. The van der Waals surface area contributed by atoms with Crippen LogP contribution in [0.5, 0.6) is 0 Å². The van der Waals surface area contributed by atoms with E-state index in [1.807, 2.05) is 6.07 Å². The van der Waals surface area contributed by atoms with Crippen molar-refractivity contribution in [1.82, 2.24) is 0 Å². The van der Waals surface area contributed by atoms with Gasteiger partial charge in [0.1, 0.15) is 0 Å². The molecule has 2 aliphatic rings. The Kier molecular flexibility index (Phi) is 4.63. The maximum absolute atomic E-state index is 6.29. The van der Waals surface area contributed by atoms with Gasteiger partial charge in [0.05, 0.1) is 12.9 Å². The van der Waals surface area contributed by atoms with Crippen LogP contribution in [0.1, 0.15) is 51.0 Å². The first-order chi connectivity index (χ1) is 10.7. The molecule has 1 nitrogen and oxygen atoms in total. The molecule has 1 unspecified atom stereocenters. The lowest BCUT2D eigenvalue weighted by molar-refractivity contribution is 0.236. The van der Waals surface area contributed by atoms with Gasteiger partial charge in [-0.1, -0.05) is 61.6 Å². The van der Waals surface area contributed by atoms with E-state index < -0.39 is 0 Å². The van der Waals surface area contributed by atoms with Gasteiger partial charge in [0.2, 0.25) is 0 Å². The zero-order valence-corrected chi connectivity index (χ0v) is 14.3. The molecule has 0 N–H and O–H groups in total. The highest BCUT2D eigenvalue weighted by Gasteiger charge is 2.38. The smallest absolute Gasteiger partial charge is 0.0986 e. The highest BCUT2D eigenvalue weighted by molar-refractivity contribution is 6.30. The molecule has 0 heterocycles. The van der Waals surface area contributed by atoms with Gasteiger partial charge in [-0.2, -0.15) is 0 Å². The van der Waals surface area contributed by atoms with Gasteiger partial charge < -0.3 is 4.74 Å². The molecule has 0 bridgehead atoms. The molecule has 22 heavy (non-hydrogen) atoms. The summed E-state index contributed by atoms with van der Waals surface area (Å²) < 4.78 is 5.49. The minimum Gasteiger partial charge on any atom is -0.501 e. The summed E-state index contributed by atoms with van der Waals surface area (Å²) in [6, 6.07) is 8.51. The van der Waals surface area contributed by atoms with E-state index in [1.54, 1.807) is 12.7 Å². The van der Waals surface area contributed by atoms with Crippen molar-refractivity contribution in [2.24, 2.45) is 5.92 Å². The van der Waals surface area contributed by atoms with Gasteiger partial charge >= 0.3 is 0 Å². The molecule has 0 saturated heterocycles. The summed E-state index contributed by atoms with van der Waals surface area (Å²) in [5.74, 6) is 1.56. The van der Waals surface area contributed by atoms with E-state index in [2.05, 4.69) is 37.3 Å². The number of methoxy groups -OCH3 is 1. The molecule has 0 aromatic heterocycles. The number of rotatable bonds is 3. The molecule has 118 valence electrons. The first-order valence-corrected chi connectivity index (χ1v) is 8.75. The molecule has 2 heteroatoms. The van der Waals surface area contributed by atoms with Crippen molar-refractivity contribution < 1.29 is 4.74 Å². The maximum Gasteiger partial charge on any atom is 0.0986 e. The van der Waals surface area contributed by atoms with Crippen LogP contribution < -0.4 is 0 Å². The summed E-state index contributed by atoms with van der Waals surface area (Å²) in [4.78, 5) is 0. The third-order valence-electron chi connectivity index (χ3n) is 5.40. The summed E-state index contributed by atoms with van der Waals surface area (Å²) in [6.45, 7) is 2.26. The largest absolute Gasteiger partial charge is 0.501 e. The van der Waals surface area contributed by atoms with Crippen LogP contribution in [0.3, 0.4) is 0 Å². The average molecular weight is 317 g/mol. The second kappa shape index (κ2) is 6.50. The normalized spacial score (nSPS) is 24.4. The fourth-order valence-corrected chi connectivity index (χ4v) is 4.40. The van der Waals surface area contributed by atoms with Gasteiger partial charge in [-0.05, 0) is 43.0 Å². The Morgan fingerprint density at radius 2 is 1.91 bits per heavy atom. The number of benzene rings is 1. The predicted octanol–water partition coefficient (Wildman–Crippen LogP) is 6.04. The topological polar surface area (TPSA) is 9.23 Å². The molecule has 0 amide bonds. The summed E-state index contributed by atoms with van der Waals surface area (Å²) in [6.07, 6.45) is 12.0. The summed E-state index contributed by atoms with van der Waals surface area (Å²) in [7, 11) is 1.77. The van der Waals surface area contributed by atoms with Gasteiger partial charge in [0.25, 0.3) is 0 Å². The van der Waals surface area contributed by atoms with Crippen molar-refractivity contribution in [2.45, 2.75) is 50.9 Å². The van der Waals surface area contributed by atoms with Gasteiger partial charge in [-0.25, -0.2) is 0 Å². The van der Waals surface area contributed by atoms with Crippen LogP contribution in [-0.4, -0.2) is 7.11 Å². The molecule has 1 aromatic carbocycles. The number of allylic oxidation sites excluding steroid dienone is 4. The van der Waals surface area contributed by atoms with Gasteiger partial charge in [0, 0.05) is 16.4 Å². The second-order valence-corrected chi connectivity index (χ2v) is 7.16. The number of halogens is 1. The molecule has 0 aliphatic heterocycles. The lowest BCUT2D eigenvalue weighted by Crippen LogP contribution is -2.33. The van der Waals surface area contributed by atoms with E-state index in [1.165, 1.54) is 37.7 Å². The van der Waals surface area contributed by atoms with Crippen LogP contribution in [-0.2, 0) is 10.2 Å². The van der Waals surface area contributed by atoms with Crippen LogP contribution >= 0.6 is 11.6 Å². The maximum atomic E-state index is 6.29. The van der Waals surface area contributed by atoms with E-state index in [-0.39, 0.29) is 5.41 Å². The Morgan fingerprint density at radius 3 is 2.55 bits per heavy atom. The zero-order valence-electron chi connectivity index (χ0n) is 13.6. The molecule has 2 aliphatic carbocycles. The Labute approximate surface area is 139 Å². The van der Waals surface area contributed by atoms with Gasteiger partial charge in [0.15, 0.2) is 0 Å². The zero-order chi connectivity index (χ0) is 15.6. The Hall–Kier alpha value is -1.21. The minimum absolute atomic E-state index is 0.174. The molecule has 0 spiro atoms. The first kappa shape index (κ1) is 15.7. The van der Waals surface area contributed by atoms with Crippen molar-refractivity contribution in [1.29, 1.82) is 0 Å². The molecule has 1 fully saturated rings. The van der Waals surface area contributed by atoms with Crippen LogP contribution in [0.4, 0.5) is 0 Å². The average Bonchev–Trinajstić information content (AvgIpc) is 2.55. The standard InChI is InChI=1S/C20H25ClO/c1-15-13-17(9-10-19(15)22-2)20(11-4-3-5-12-20)16-7-6-8-18(21)14-16/h6-10,14-15H,3-5,11-13H2,1-2H3. The van der Waals surface area contributed by atoms with Gasteiger partial charge in [-0.3, -0.25) is 0 Å². The molecule has 1 aromatic rings. The minimum atomic E-state index is 0.174. The number of hydrogen-bond acceptors (Lipinski definition) is 1. The Balaban J connectivity index is 2.04. The van der Waals surface area contributed by atoms with Gasteiger partial charge in [-0.15, -0.1) is 0 Å². The SMILES string of the molecule is COC1=CC=C(C2(c3cccc(Cl)c3)CCCCC2)CC1C. The summed E-state index contributed by atoms with van der Waals surface area (Å²) >= 11 is 6.29. The van der Waals surface area contributed by atoms with Crippen molar-refractivity contribution >= 4 is 11.6 Å². The lowest BCUT2D eigenvalue weighted by Gasteiger charge is -2.42. The highest BCUT2D eigenvalue weighted by Crippen LogP contribution is 2.49. The number of ether oxygens (including phenoxy) is 1. The van der Waals surface area contributed by atoms with E-state index in [4.69, 9.17) is 16.3 Å². The summed E-state index contributed by atoms with van der Waals surface area (Å²) in [5, 5.41) is 0.847. The van der Waals surface area contributed by atoms with Crippen molar-refractivity contribution in [3.8, 4) is 0 Å². The predicted molar refractivity (Wildman–Crippen MR) is 93.2 cm³/mol. The molecular weight excluding hydrogens is 292 g/mol. The van der Waals surface area contributed by atoms with Crippen LogP contribution in [0.2, 0.25) is 5.02 Å². The Bertz CT molecular complexity index is 593. The number of hydrogen-bond donors (Lipinski definition) is 0. The molecular formula is C20H25ClO.